The average molecular weight is 215 g/mol. The summed E-state index contributed by atoms with van der Waals surface area (Å²) in [4.78, 5) is 5.13. The molecule has 0 amide bonds. The maximum atomic E-state index is 5.90. The van der Waals surface area contributed by atoms with Gasteiger partial charge in [0.25, 0.3) is 0 Å². The molecule has 1 N–H and O–H groups in total. The van der Waals surface area contributed by atoms with Crippen molar-refractivity contribution in [1.29, 1.82) is 0 Å². The second kappa shape index (κ2) is 4.78. The van der Waals surface area contributed by atoms with Crippen LogP contribution in [0.1, 0.15) is 39.0 Å². The van der Waals surface area contributed by atoms with Crippen LogP contribution in [0.15, 0.2) is 0 Å². The third-order valence-electron chi connectivity index (χ3n) is 3.46. The maximum Gasteiger partial charge on any atom is 0.159 e. The monoisotopic (exact) mass is 215 g/mol. The lowest BCUT2D eigenvalue weighted by molar-refractivity contribution is -0.138. The fourth-order valence-electron chi connectivity index (χ4n) is 2.81. The lowest BCUT2D eigenvalue weighted by Gasteiger charge is -2.37. The van der Waals surface area contributed by atoms with Crippen molar-refractivity contribution in [3.63, 3.8) is 0 Å². The Bertz CT molecular complexity index is 208. The first-order valence-corrected chi connectivity index (χ1v) is 5.88. The van der Waals surface area contributed by atoms with Crippen molar-refractivity contribution in [1.82, 2.24) is 5.48 Å². The summed E-state index contributed by atoms with van der Waals surface area (Å²) < 4.78 is 11.4. The first-order valence-electron chi connectivity index (χ1n) is 5.88. The zero-order chi connectivity index (χ0) is 10.7. The van der Waals surface area contributed by atoms with E-state index in [0.717, 1.165) is 19.3 Å². The van der Waals surface area contributed by atoms with Gasteiger partial charge in [0, 0.05) is 13.0 Å². The number of hydrogen-bond donors (Lipinski definition) is 1. The molecule has 3 atom stereocenters. The van der Waals surface area contributed by atoms with E-state index < -0.39 is 0 Å². The highest BCUT2D eigenvalue weighted by Crippen LogP contribution is 2.41. The van der Waals surface area contributed by atoms with Crippen molar-refractivity contribution in [3.8, 4) is 0 Å². The van der Waals surface area contributed by atoms with Crippen LogP contribution >= 0.6 is 0 Å². The molecule has 1 aliphatic heterocycles. The fourth-order valence-corrected chi connectivity index (χ4v) is 2.81. The highest BCUT2D eigenvalue weighted by Gasteiger charge is 2.50. The molecule has 1 heterocycles. The molecule has 2 aliphatic rings. The molecule has 0 spiro atoms. The molecule has 2 fully saturated rings. The summed E-state index contributed by atoms with van der Waals surface area (Å²) in [6.07, 6.45) is 5.82. The van der Waals surface area contributed by atoms with Crippen molar-refractivity contribution >= 4 is 0 Å². The van der Waals surface area contributed by atoms with Gasteiger partial charge in [0.2, 0.25) is 0 Å². The van der Waals surface area contributed by atoms with E-state index >= 15 is 0 Å². The molecule has 0 bridgehead atoms. The highest BCUT2D eigenvalue weighted by atomic mass is 16.7. The van der Waals surface area contributed by atoms with Gasteiger partial charge >= 0.3 is 0 Å². The van der Waals surface area contributed by atoms with Crippen molar-refractivity contribution in [2.24, 2.45) is 0 Å². The topological polar surface area (TPSA) is 39.7 Å². The van der Waals surface area contributed by atoms with Crippen LogP contribution in [-0.2, 0) is 14.3 Å². The molecule has 1 aliphatic carbocycles. The Balaban J connectivity index is 2.02. The van der Waals surface area contributed by atoms with Crippen LogP contribution in [0.3, 0.4) is 0 Å². The number of hydrogen-bond acceptors (Lipinski definition) is 4. The molecule has 0 radical (unpaired) electrons. The normalized spacial score (nSPS) is 40.4. The Morgan fingerprint density at radius 3 is 3.07 bits per heavy atom. The highest BCUT2D eigenvalue weighted by molar-refractivity contribution is 5.01. The number of hydroxylamine groups is 1. The lowest BCUT2D eigenvalue weighted by Crippen LogP contribution is -2.52. The molecule has 1 saturated heterocycles. The Morgan fingerprint density at radius 2 is 2.33 bits per heavy atom. The number of nitrogens with one attached hydrogen (secondary N) is 1. The molecule has 2 rings (SSSR count). The maximum absolute atomic E-state index is 5.90. The second-order valence-corrected chi connectivity index (χ2v) is 4.42. The molecule has 88 valence electrons. The van der Waals surface area contributed by atoms with Gasteiger partial charge in [-0.05, 0) is 19.8 Å². The van der Waals surface area contributed by atoms with Crippen LogP contribution in [0, 0.1) is 0 Å². The zero-order valence-corrected chi connectivity index (χ0v) is 9.62. The van der Waals surface area contributed by atoms with E-state index in [2.05, 4.69) is 5.48 Å². The molecule has 15 heavy (non-hydrogen) atoms. The van der Waals surface area contributed by atoms with Crippen LogP contribution in [0.4, 0.5) is 0 Å². The Morgan fingerprint density at radius 1 is 1.47 bits per heavy atom. The van der Waals surface area contributed by atoms with E-state index in [-0.39, 0.29) is 17.9 Å². The summed E-state index contributed by atoms with van der Waals surface area (Å²) in [5.41, 5.74) is 3.14. The lowest BCUT2D eigenvalue weighted by atomic mass is 9.79. The molecule has 4 heteroatoms. The number of fused-ring (bicyclic) bond motifs is 1. The van der Waals surface area contributed by atoms with Crippen LogP contribution in [0.25, 0.3) is 0 Å². The van der Waals surface area contributed by atoms with Crippen LogP contribution in [0.2, 0.25) is 0 Å². The van der Waals surface area contributed by atoms with Crippen molar-refractivity contribution in [3.05, 3.63) is 0 Å². The van der Waals surface area contributed by atoms with Crippen LogP contribution in [0.5, 0.6) is 0 Å². The smallest absolute Gasteiger partial charge is 0.159 e. The standard InChI is InChI=1S/C11H21NO3/c1-3-14-10-8-11(12-13-2)7-5-4-6-9(11)15-10/h9-10,12H,3-8H2,1-2H3/t9-,10-,11+/m1/s1. The third-order valence-corrected chi connectivity index (χ3v) is 3.46. The van der Waals surface area contributed by atoms with Gasteiger partial charge in [-0.15, -0.1) is 0 Å². The van der Waals surface area contributed by atoms with Crippen LogP contribution < -0.4 is 5.48 Å². The van der Waals surface area contributed by atoms with Gasteiger partial charge in [-0.1, -0.05) is 12.8 Å². The van der Waals surface area contributed by atoms with E-state index in [9.17, 15) is 0 Å². The summed E-state index contributed by atoms with van der Waals surface area (Å²) in [5.74, 6) is 0. The molecule has 0 aromatic carbocycles. The molecule has 0 aromatic rings. The summed E-state index contributed by atoms with van der Waals surface area (Å²) in [6.45, 7) is 2.71. The molecule has 0 aromatic heterocycles. The Labute approximate surface area is 91.2 Å². The van der Waals surface area contributed by atoms with Gasteiger partial charge in [0.1, 0.15) is 0 Å². The predicted molar refractivity (Wildman–Crippen MR) is 56.2 cm³/mol. The van der Waals surface area contributed by atoms with Crippen LogP contribution in [-0.4, -0.2) is 31.6 Å². The summed E-state index contributed by atoms with van der Waals surface area (Å²) in [7, 11) is 1.68. The van der Waals surface area contributed by atoms with E-state index in [4.69, 9.17) is 14.3 Å². The van der Waals surface area contributed by atoms with Gasteiger partial charge in [-0.2, -0.15) is 5.48 Å². The summed E-state index contributed by atoms with van der Waals surface area (Å²) in [5, 5.41) is 0. The first kappa shape index (κ1) is 11.3. The molecule has 0 unspecified atom stereocenters. The molecular formula is C11H21NO3. The largest absolute Gasteiger partial charge is 0.353 e. The van der Waals surface area contributed by atoms with E-state index in [0.29, 0.717) is 6.61 Å². The number of rotatable bonds is 4. The minimum atomic E-state index is -0.0549. The van der Waals surface area contributed by atoms with E-state index in [1.165, 1.54) is 12.8 Å². The Kier molecular flexibility index (Phi) is 3.61. The Hall–Kier alpha value is -0.160. The third kappa shape index (κ3) is 2.18. The van der Waals surface area contributed by atoms with Crippen molar-refractivity contribution in [2.75, 3.05) is 13.7 Å². The van der Waals surface area contributed by atoms with E-state index in [1.807, 2.05) is 6.92 Å². The molecule has 1 saturated carbocycles. The first-order chi connectivity index (χ1) is 7.30. The van der Waals surface area contributed by atoms with Crippen molar-refractivity contribution in [2.45, 2.75) is 57.0 Å². The molecule has 4 nitrogen and oxygen atoms in total. The van der Waals surface area contributed by atoms with Gasteiger partial charge in [-0.3, -0.25) is 0 Å². The van der Waals surface area contributed by atoms with E-state index in [1.54, 1.807) is 7.11 Å². The summed E-state index contributed by atoms with van der Waals surface area (Å²) >= 11 is 0. The van der Waals surface area contributed by atoms with Gasteiger partial charge in [-0.25, -0.2) is 0 Å². The van der Waals surface area contributed by atoms with Gasteiger partial charge in [0.15, 0.2) is 6.29 Å². The fraction of sp³-hybridized carbons (Fsp3) is 1.00. The minimum absolute atomic E-state index is 0.00711. The summed E-state index contributed by atoms with van der Waals surface area (Å²) in [6, 6.07) is 0. The quantitative estimate of drug-likeness (QED) is 0.723. The minimum Gasteiger partial charge on any atom is -0.353 e. The van der Waals surface area contributed by atoms with Crippen molar-refractivity contribution < 1.29 is 14.3 Å². The SMILES string of the molecule is CCO[C@H]1C[C@@]2(NOC)CCCC[C@H]2O1. The van der Waals surface area contributed by atoms with Gasteiger partial charge < -0.3 is 14.3 Å². The van der Waals surface area contributed by atoms with Gasteiger partial charge in [0.05, 0.1) is 18.8 Å². The second-order valence-electron chi connectivity index (χ2n) is 4.42. The predicted octanol–water partition coefficient (Wildman–Crippen LogP) is 1.60. The molecular weight excluding hydrogens is 194 g/mol. The number of ether oxygens (including phenoxy) is 2. The average Bonchev–Trinajstić information content (AvgIpc) is 2.56. The zero-order valence-electron chi connectivity index (χ0n) is 9.62.